The van der Waals surface area contributed by atoms with Gasteiger partial charge in [0.15, 0.2) is 0 Å². The van der Waals surface area contributed by atoms with Crippen molar-refractivity contribution in [2.24, 2.45) is 0 Å². The molecule has 9 nitrogen and oxygen atoms in total. The highest BCUT2D eigenvalue weighted by atomic mass is 19.1. The lowest BCUT2D eigenvalue weighted by Gasteiger charge is -2.42. The molecule has 2 saturated heterocycles. The quantitative estimate of drug-likeness (QED) is 0.290. The summed E-state index contributed by atoms with van der Waals surface area (Å²) in [4.78, 5) is 20.0. The maximum absolute atomic E-state index is 15.2. The number of benzene rings is 2. The van der Waals surface area contributed by atoms with Gasteiger partial charge in [-0.15, -0.1) is 0 Å². The zero-order chi connectivity index (χ0) is 30.6. The molecule has 2 aliphatic rings. The van der Waals surface area contributed by atoms with Crippen molar-refractivity contribution in [3.8, 4) is 28.8 Å². The summed E-state index contributed by atoms with van der Waals surface area (Å²) in [5.74, 6) is 0.225. The second-order valence-electron chi connectivity index (χ2n) is 11.8. The van der Waals surface area contributed by atoms with E-state index in [-0.39, 0.29) is 23.1 Å². The van der Waals surface area contributed by atoms with E-state index in [1.807, 2.05) is 24.3 Å². The molecule has 1 amide bonds. The van der Waals surface area contributed by atoms with E-state index in [4.69, 9.17) is 10.5 Å². The van der Waals surface area contributed by atoms with Gasteiger partial charge in [0.1, 0.15) is 34.7 Å². The van der Waals surface area contributed by atoms with Crippen molar-refractivity contribution in [3.05, 3.63) is 72.2 Å². The molecular weight excluding hydrogens is 545 g/mol. The van der Waals surface area contributed by atoms with Gasteiger partial charge in [0.2, 0.25) is 0 Å². The maximum atomic E-state index is 15.2. The third kappa shape index (κ3) is 6.90. The van der Waals surface area contributed by atoms with Crippen LogP contribution in [0.2, 0.25) is 0 Å². The fourth-order valence-electron chi connectivity index (χ4n) is 5.93. The number of piperidine rings is 1. The standard InChI is InChI=1S/C33H40FN7O2/c1-4-38-15-17-40(18-16-38)33(2,3)20-24(21-35)32(42)39-14-8-9-25(22-39)41-23-30(36)31(37-41)28-13-12-27(19-29(28)34)43-26-10-6-5-7-11-26/h5-7,10-13,19-20,23,25H,4,8-9,14-18,22,36H2,1-3H3/t25-/m0/s1. The lowest BCUT2D eigenvalue weighted by molar-refractivity contribution is -0.128. The summed E-state index contributed by atoms with van der Waals surface area (Å²) in [7, 11) is 0. The number of likely N-dealkylation sites (tertiary alicyclic amines) is 1. The van der Waals surface area contributed by atoms with Crippen molar-refractivity contribution in [1.82, 2.24) is 24.5 Å². The number of rotatable bonds is 8. The number of piperazine rings is 1. The van der Waals surface area contributed by atoms with Gasteiger partial charge in [-0.1, -0.05) is 25.1 Å². The van der Waals surface area contributed by atoms with E-state index in [0.717, 1.165) is 45.6 Å². The van der Waals surface area contributed by atoms with Gasteiger partial charge < -0.3 is 20.3 Å². The van der Waals surface area contributed by atoms with Crippen molar-refractivity contribution in [1.29, 1.82) is 5.26 Å². The average Bonchev–Trinajstić information content (AvgIpc) is 3.41. The van der Waals surface area contributed by atoms with Crippen LogP contribution in [0.3, 0.4) is 0 Å². The third-order valence-electron chi connectivity index (χ3n) is 8.48. The van der Waals surface area contributed by atoms with Gasteiger partial charge in [-0.05, 0) is 63.6 Å². The SMILES string of the molecule is CCN1CCN(C(C)(C)C=C(C#N)C(=O)N2CCC[C@H](n3cc(N)c(-c4ccc(Oc5ccccc5)cc4F)n3)C2)CC1. The Morgan fingerprint density at radius 2 is 1.88 bits per heavy atom. The molecule has 5 rings (SSSR count). The van der Waals surface area contributed by atoms with Crippen molar-refractivity contribution >= 4 is 11.6 Å². The van der Waals surface area contributed by atoms with Crippen molar-refractivity contribution in [2.45, 2.75) is 45.2 Å². The molecule has 2 fully saturated rings. The predicted molar refractivity (Wildman–Crippen MR) is 165 cm³/mol. The first-order chi connectivity index (χ1) is 20.7. The molecule has 0 spiro atoms. The third-order valence-corrected chi connectivity index (χ3v) is 8.48. The number of nitrogens with zero attached hydrogens (tertiary/aromatic N) is 6. The van der Waals surface area contributed by atoms with E-state index in [2.05, 4.69) is 41.7 Å². The number of nitrogen functional groups attached to an aromatic ring is 1. The largest absolute Gasteiger partial charge is 0.457 e. The smallest absolute Gasteiger partial charge is 0.264 e. The molecule has 43 heavy (non-hydrogen) atoms. The first-order valence-electron chi connectivity index (χ1n) is 15.0. The number of hydrogen-bond donors (Lipinski definition) is 1. The Hall–Kier alpha value is -4.20. The number of nitrogens with two attached hydrogens (primary N) is 1. The number of carbonyl (C=O) groups is 1. The lowest BCUT2D eigenvalue weighted by atomic mass is 9.96. The lowest BCUT2D eigenvalue weighted by Crippen LogP contribution is -2.54. The summed E-state index contributed by atoms with van der Waals surface area (Å²) in [6.07, 6.45) is 5.06. The summed E-state index contributed by atoms with van der Waals surface area (Å²) >= 11 is 0. The van der Waals surface area contributed by atoms with Crippen molar-refractivity contribution in [2.75, 3.05) is 51.5 Å². The second kappa shape index (κ2) is 13.0. The number of amides is 1. The van der Waals surface area contributed by atoms with E-state index in [9.17, 15) is 10.1 Å². The normalized spacial score (nSPS) is 18.8. The van der Waals surface area contributed by atoms with E-state index < -0.39 is 11.4 Å². The second-order valence-corrected chi connectivity index (χ2v) is 11.8. The van der Waals surface area contributed by atoms with Crippen LogP contribution in [0.1, 0.15) is 39.7 Å². The molecule has 0 bridgehead atoms. The summed E-state index contributed by atoms with van der Waals surface area (Å²) in [6.45, 7) is 12.0. The number of anilines is 1. The zero-order valence-corrected chi connectivity index (χ0v) is 25.2. The van der Waals surface area contributed by atoms with Crippen LogP contribution in [0.5, 0.6) is 11.5 Å². The van der Waals surface area contributed by atoms with Gasteiger partial charge in [-0.3, -0.25) is 14.4 Å². The molecular formula is C33H40FN7O2. The van der Waals surface area contributed by atoms with Crippen LogP contribution in [0.4, 0.5) is 10.1 Å². The molecule has 0 aliphatic carbocycles. The Morgan fingerprint density at radius 3 is 2.56 bits per heavy atom. The minimum Gasteiger partial charge on any atom is -0.457 e. The number of para-hydroxylation sites is 1. The van der Waals surface area contributed by atoms with Crippen LogP contribution < -0.4 is 10.5 Å². The molecule has 0 saturated carbocycles. The summed E-state index contributed by atoms with van der Waals surface area (Å²) < 4.78 is 22.7. The van der Waals surface area contributed by atoms with Crippen LogP contribution in [0.15, 0.2) is 66.4 Å². The van der Waals surface area contributed by atoms with Crippen LogP contribution in [0, 0.1) is 17.1 Å². The molecule has 2 aromatic carbocycles. The number of halogens is 1. The number of carbonyl (C=O) groups excluding carboxylic acids is 1. The molecule has 0 radical (unpaired) electrons. The molecule has 3 aromatic rings. The molecule has 10 heteroatoms. The fraction of sp³-hybridized carbons (Fsp3) is 0.424. The number of ether oxygens (including phenoxy) is 1. The van der Waals surface area contributed by atoms with Crippen molar-refractivity contribution in [3.63, 3.8) is 0 Å². The Kier molecular flexibility index (Phi) is 9.14. The molecule has 0 unspecified atom stereocenters. The highest BCUT2D eigenvalue weighted by molar-refractivity contribution is 5.97. The minimum absolute atomic E-state index is 0.146. The van der Waals surface area contributed by atoms with E-state index in [1.165, 1.54) is 6.07 Å². The van der Waals surface area contributed by atoms with Crippen LogP contribution >= 0.6 is 0 Å². The summed E-state index contributed by atoms with van der Waals surface area (Å²) in [6, 6.07) is 15.8. The number of hydrogen-bond acceptors (Lipinski definition) is 7. The van der Waals surface area contributed by atoms with Gasteiger partial charge >= 0.3 is 0 Å². The highest BCUT2D eigenvalue weighted by Crippen LogP contribution is 2.33. The van der Waals surface area contributed by atoms with Crippen LogP contribution in [-0.4, -0.2) is 81.7 Å². The van der Waals surface area contributed by atoms with Crippen molar-refractivity contribution < 1.29 is 13.9 Å². The van der Waals surface area contributed by atoms with Crippen LogP contribution in [0.25, 0.3) is 11.3 Å². The molecule has 3 heterocycles. The van der Waals surface area contributed by atoms with Gasteiger partial charge in [-0.2, -0.15) is 10.4 Å². The van der Waals surface area contributed by atoms with Gasteiger partial charge in [0, 0.05) is 62.6 Å². The molecule has 2 N–H and O–H groups in total. The number of likely N-dealkylation sites (N-methyl/N-ethyl adjacent to an activating group) is 1. The molecule has 2 aliphatic heterocycles. The predicted octanol–water partition coefficient (Wildman–Crippen LogP) is 5.09. The van der Waals surface area contributed by atoms with E-state index in [0.29, 0.717) is 36.0 Å². The fourth-order valence-corrected chi connectivity index (χ4v) is 5.93. The summed E-state index contributed by atoms with van der Waals surface area (Å²) in [5, 5.41) is 14.6. The van der Waals surface area contributed by atoms with Gasteiger partial charge in [0.25, 0.3) is 5.91 Å². The van der Waals surface area contributed by atoms with E-state index >= 15 is 4.39 Å². The number of aromatic nitrogens is 2. The zero-order valence-electron chi connectivity index (χ0n) is 25.2. The first kappa shape index (κ1) is 30.3. The Labute approximate surface area is 252 Å². The Balaban J connectivity index is 1.28. The topological polar surface area (TPSA) is 104 Å². The monoisotopic (exact) mass is 585 g/mol. The highest BCUT2D eigenvalue weighted by Gasteiger charge is 2.32. The van der Waals surface area contributed by atoms with Gasteiger partial charge in [-0.25, -0.2) is 4.39 Å². The average molecular weight is 586 g/mol. The molecule has 1 atom stereocenters. The molecule has 226 valence electrons. The van der Waals surface area contributed by atoms with Crippen LogP contribution in [-0.2, 0) is 4.79 Å². The van der Waals surface area contributed by atoms with Gasteiger partial charge in [0.05, 0.1) is 11.7 Å². The van der Waals surface area contributed by atoms with E-state index in [1.54, 1.807) is 40.0 Å². The number of nitriles is 1. The Morgan fingerprint density at radius 1 is 1.14 bits per heavy atom. The maximum Gasteiger partial charge on any atom is 0.264 e. The first-order valence-corrected chi connectivity index (χ1v) is 15.0. The Bertz CT molecular complexity index is 1500. The summed E-state index contributed by atoms with van der Waals surface area (Å²) in [5.41, 5.74) is 7.01. The molecule has 1 aromatic heterocycles. The minimum atomic E-state index is -0.492.